The third-order valence-electron chi connectivity index (χ3n) is 4.31. The third-order valence-corrected chi connectivity index (χ3v) is 4.31. The van der Waals surface area contributed by atoms with Crippen LogP contribution in [0.5, 0.6) is 0 Å². The molecule has 0 spiro atoms. The van der Waals surface area contributed by atoms with Crippen LogP contribution in [0.4, 0.5) is 11.4 Å². The van der Waals surface area contributed by atoms with Crippen LogP contribution in [0.2, 0.25) is 0 Å². The second kappa shape index (κ2) is 5.86. The van der Waals surface area contributed by atoms with Gasteiger partial charge in [0.1, 0.15) is 0 Å². The van der Waals surface area contributed by atoms with Crippen LogP contribution in [0.1, 0.15) is 36.2 Å². The molecule has 1 aromatic heterocycles. The summed E-state index contributed by atoms with van der Waals surface area (Å²) in [5.41, 5.74) is 6.40. The van der Waals surface area contributed by atoms with Gasteiger partial charge in [-0.15, -0.1) is 0 Å². The Labute approximate surface area is 127 Å². The van der Waals surface area contributed by atoms with Crippen molar-refractivity contribution >= 4 is 11.4 Å². The van der Waals surface area contributed by atoms with Gasteiger partial charge in [0.25, 0.3) is 0 Å². The maximum atomic E-state index is 4.61. The van der Waals surface area contributed by atoms with Gasteiger partial charge in [0.2, 0.25) is 0 Å². The van der Waals surface area contributed by atoms with Crippen LogP contribution in [0, 0.1) is 6.92 Å². The lowest BCUT2D eigenvalue weighted by Gasteiger charge is -2.31. The quantitative estimate of drug-likeness (QED) is 0.928. The van der Waals surface area contributed by atoms with E-state index in [-0.39, 0.29) is 6.04 Å². The Bertz CT molecular complexity index is 619. The molecule has 0 fully saturated rings. The third kappa shape index (κ3) is 2.79. The van der Waals surface area contributed by atoms with Crippen LogP contribution in [-0.2, 0) is 6.42 Å². The molecule has 0 bridgehead atoms. The van der Waals surface area contributed by atoms with Crippen LogP contribution < -0.4 is 10.2 Å². The molecule has 3 rings (SSSR count). The number of aromatic nitrogens is 1. The minimum absolute atomic E-state index is 0.287. The van der Waals surface area contributed by atoms with Crippen molar-refractivity contribution in [3.8, 4) is 0 Å². The molecule has 110 valence electrons. The van der Waals surface area contributed by atoms with Gasteiger partial charge in [-0.25, -0.2) is 0 Å². The molecule has 3 nitrogen and oxygen atoms in total. The number of aryl methyl sites for hydroxylation is 2. The number of rotatable bonds is 3. The van der Waals surface area contributed by atoms with Crippen LogP contribution in [0.3, 0.4) is 0 Å². The van der Waals surface area contributed by atoms with Crippen molar-refractivity contribution in [2.75, 3.05) is 18.5 Å². The van der Waals surface area contributed by atoms with E-state index in [1.165, 1.54) is 35.3 Å². The number of anilines is 2. The molecule has 3 heteroatoms. The minimum atomic E-state index is 0.287. The Hall–Kier alpha value is -1.87. The number of nitrogens with zero attached hydrogens (tertiary/aromatic N) is 2. The summed E-state index contributed by atoms with van der Waals surface area (Å²) in [6.07, 6.45) is 4.37. The summed E-state index contributed by atoms with van der Waals surface area (Å²) in [6, 6.07) is 11.3. The molecule has 1 aliphatic heterocycles. The summed E-state index contributed by atoms with van der Waals surface area (Å²) in [5.74, 6) is 0. The van der Waals surface area contributed by atoms with E-state index >= 15 is 0 Å². The van der Waals surface area contributed by atoms with Gasteiger partial charge in [0.05, 0.1) is 17.6 Å². The molecule has 1 N–H and O–H groups in total. The maximum Gasteiger partial charge on any atom is 0.0597 e. The molecule has 0 saturated carbocycles. The Kier molecular flexibility index (Phi) is 3.93. The topological polar surface area (TPSA) is 28.2 Å². The number of hydrogen-bond acceptors (Lipinski definition) is 3. The predicted octanol–water partition coefficient (Wildman–Crippen LogP) is 3.75. The second-order valence-electron chi connectivity index (χ2n) is 5.84. The molecule has 1 unspecified atom stereocenters. The van der Waals surface area contributed by atoms with E-state index in [0.29, 0.717) is 0 Å². The zero-order chi connectivity index (χ0) is 14.8. The lowest BCUT2D eigenvalue weighted by Crippen LogP contribution is -2.25. The van der Waals surface area contributed by atoms with E-state index in [1.54, 1.807) is 0 Å². The summed E-state index contributed by atoms with van der Waals surface area (Å²) in [6.45, 7) is 5.36. The van der Waals surface area contributed by atoms with Gasteiger partial charge >= 0.3 is 0 Å². The summed E-state index contributed by atoms with van der Waals surface area (Å²) in [4.78, 5) is 7.00. The first-order valence-electron chi connectivity index (χ1n) is 7.69. The summed E-state index contributed by atoms with van der Waals surface area (Å²) >= 11 is 0. The highest BCUT2D eigenvalue weighted by atomic mass is 15.1. The highest BCUT2D eigenvalue weighted by Gasteiger charge is 2.18. The van der Waals surface area contributed by atoms with Crippen molar-refractivity contribution in [2.45, 2.75) is 32.7 Å². The van der Waals surface area contributed by atoms with Crippen molar-refractivity contribution < 1.29 is 0 Å². The molecule has 1 aromatic carbocycles. The van der Waals surface area contributed by atoms with E-state index in [2.05, 4.69) is 59.4 Å². The van der Waals surface area contributed by atoms with Crippen molar-refractivity contribution in [3.05, 3.63) is 53.3 Å². The molecule has 2 aromatic rings. The first kappa shape index (κ1) is 14.1. The Morgan fingerprint density at radius 2 is 2.10 bits per heavy atom. The maximum absolute atomic E-state index is 4.61. The van der Waals surface area contributed by atoms with Gasteiger partial charge in [-0.3, -0.25) is 4.98 Å². The number of nitrogens with one attached hydrogen (secondary N) is 1. The zero-order valence-corrected chi connectivity index (χ0v) is 13.1. The van der Waals surface area contributed by atoms with Gasteiger partial charge < -0.3 is 10.2 Å². The molecular weight excluding hydrogens is 258 g/mol. The fourth-order valence-corrected chi connectivity index (χ4v) is 2.96. The van der Waals surface area contributed by atoms with Gasteiger partial charge in [0, 0.05) is 18.3 Å². The lowest BCUT2D eigenvalue weighted by molar-refractivity contribution is 0.632. The standard InChI is InChI=1S/C18H23N3/c1-13-6-9-18-15(11-13)5-4-10-21(18)16-7-8-17(20-12-16)14(2)19-3/h6-9,11-12,14,19H,4-5,10H2,1-3H3. The molecule has 21 heavy (non-hydrogen) atoms. The first-order valence-corrected chi connectivity index (χ1v) is 7.69. The Balaban J connectivity index is 1.92. The molecule has 0 aliphatic carbocycles. The molecule has 0 amide bonds. The molecular formula is C18H23N3. The first-order chi connectivity index (χ1) is 10.2. The van der Waals surface area contributed by atoms with Crippen LogP contribution in [0.15, 0.2) is 36.5 Å². The molecule has 2 heterocycles. The van der Waals surface area contributed by atoms with Crippen molar-refractivity contribution in [2.24, 2.45) is 0 Å². The average molecular weight is 281 g/mol. The normalized spacial score (nSPS) is 15.7. The Morgan fingerprint density at radius 3 is 2.81 bits per heavy atom. The smallest absolute Gasteiger partial charge is 0.0597 e. The second-order valence-corrected chi connectivity index (χ2v) is 5.84. The van der Waals surface area contributed by atoms with Gasteiger partial charge in [-0.05, 0) is 57.5 Å². The number of pyridine rings is 1. The van der Waals surface area contributed by atoms with Crippen molar-refractivity contribution in [3.63, 3.8) is 0 Å². The highest BCUT2D eigenvalue weighted by Crippen LogP contribution is 2.33. The highest BCUT2D eigenvalue weighted by molar-refractivity contribution is 5.67. The number of benzene rings is 1. The average Bonchev–Trinajstić information content (AvgIpc) is 2.53. The fourth-order valence-electron chi connectivity index (χ4n) is 2.96. The van der Waals surface area contributed by atoms with E-state index in [1.807, 2.05) is 13.2 Å². The van der Waals surface area contributed by atoms with Gasteiger partial charge in [0.15, 0.2) is 0 Å². The molecule has 1 atom stereocenters. The van der Waals surface area contributed by atoms with Gasteiger partial charge in [-0.2, -0.15) is 0 Å². The summed E-state index contributed by atoms with van der Waals surface area (Å²) in [7, 11) is 1.96. The molecule has 0 saturated heterocycles. The molecule has 1 aliphatic rings. The van der Waals surface area contributed by atoms with Crippen molar-refractivity contribution in [1.82, 2.24) is 10.3 Å². The van der Waals surface area contributed by atoms with E-state index in [4.69, 9.17) is 0 Å². The van der Waals surface area contributed by atoms with E-state index in [9.17, 15) is 0 Å². The monoisotopic (exact) mass is 281 g/mol. The fraction of sp³-hybridized carbons (Fsp3) is 0.389. The Morgan fingerprint density at radius 1 is 1.24 bits per heavy atom. The zero-order valence-electron chi connectivity index (χ0n) is 13.1. The number of fused-ring (bicyclic) bond motifs is 1. The predicted molar refractivity (Wildman–Crippen MR) is 88.2 cm³/mol. The minimum Gasteiger partial charge on any atom is -0.340 e. The van der Waals surface area contributed by atoms with Gasteiger partial charge in [-0.1, -0.05) is 17.7 Å². The van der Waals surface area contributed by atoms with E-state index in [0.717, 1.165) is 12.2 Å². The number of hydrogen-bond donors (Lipinski definition) is 1. The largest absolute Gasteiger partial charge is 0.340 e. The SMILES string of the molecule is CNC(C)c1ccc(N2CCCc3cc(C)ccc32)cn1. The van der Waals surface area contributed by atoms with Crippen LogP contribution in [0.25, 0.3) is 0 Å². The van der Waals surface area contributed by atoms with E-state index < -0.39 is 0 Å². The summed E-state index contributed by atoms with van der Waals surface area (Å²) in [5, 5.41) is 3.23. The summed E-state index contributed by atoms with van der Waals surface area (Å²) < 4.78 is 0. The lowest BCUT2D eigenvalue weighted by atomic mass is 9.99. The van der Waals surface area contributed by atoms with Crippen LogP contribution in [-0.4, -0.2) is 18.6 Å². The van der Waals surface area contributed by atoms with Crippen molar-refractivity contribution in [1.29, 1.82) is 0 Å². The molecule has 0 radical (unpaired) electrons. The van der Waals surface area contributed by atoms with Crippen LogP contribution >= 0.6 is 0 Å².